The summed E-state index contributed by atoms with van der Waals surface area (Å²) in [7, 11) is 0.326. The van der Waals surface area contributed by atoms with E-state index in [0.717, 1.165) is 95.7 Å². The fourth-order valence-electron chi connectivity index (χ4n) is 9.90. The molecule has 4 saturated heterocycles. The number of halogens is 1. The van der Waals surface area contributed by atoms with E-state index in [9.17, 15) is 27.5 Å². The molecule has 11 nitrogen and oxygen atoms in total. The van der Waals surface area contributed by atoms with Crippen LogP contribution in [-0.4, -0.2) is 143 Å². The first-order valence-electron chi connectivity index (χ1n) is 19.8. The van der Waals surface area contributed by atoms with Crippen LogP contribution in [0.2, 0.25) is 0 Å². The summed E-state index contributed by atoms with van der Waals surface area (Å²) in [6.07, 6.45) is 8.21. The Hall–Kier alpha value is -3.52. The molecule has 294 valence electrons. The second-order valence-corrected chi connectivity index (χ2v) is 18.9. The number of sulfone groups is 1. The summed E-state index contributed by atoms with van der Waals surface area (Å²) in [5, 5.41) is 12.1. The van der Waals surface area contributed by atoms with Gasteiger partial charge in [0.15, 0.2) is 9.84 Å². The van der Waals surface area contributed by atoms with Crippen molar-refractivity contribution in [3.8, 4) is 0 Å². The van der Waals surface area contributed by atoms with E-state index in [1.165, 1.54) is 18.6 Å². The first-order chi connectivity index (χ1) is 25.9. The van der Waals surface area contributed by atoms with Gasteiger partial charge in [0.1, 0.15) is 11.1 Å². The van der Waals surface area contributed by atoms with E-state index in [1.807, 2.05) is 37.2 Å². The highest BCUT2D eigenvalue weighted by atomic mass is 32.2. The molecule has 1 aliphatic carbocycles. The maximum atomic E-state index is 14.9. The first kappa shape index (κ1) is 38.7. The Bertz CT molecular complexity index is 1770. The van der Waals surface area contributed by atoms with Crippen LogP contribution in [0.3, 0.4) is 0 Å². The molecule has 5 fully saturated rings. The molecule has 0 bridgehead atoms. The molecule has 5 aliphatic rings. The number of benzene rings is 2. The predicted octanol–water partition coefficient (Wildman–Crippen LogP) is 4.16. The summed E-state index contributed by atoms with van der Waals surface area (Å²) in [5.74, 6) is 0.568. The van der Waals surface area contributed by atoms with Crippen molar-refractivity contribution >= 4 is 27.5 Å². The highest BCUT2D eigenvalue weighted by Gasteiger charge is 2.53. The summed E-state index contributed by atoms with van der Waals surface area (Å²) in [6.45, 7) is 8.76. The second kappa shape index (κ2) is 16.3. The number of amides is 2. The van der Waals surface area contributed by atoms with Gasteiger partial charge >= 0.3 is 6.09 Å². The van der Waals surface area contributed by atoms with E-state index >= 15 is 0 Å². The van der Waals surface area contributed by atoms with Crippen molar-refractivity contribution in [2.75, 3.05) is 91.0 Å². The Morgan fingerprint density at radius 3 is 2.30 bits per heavy atom. The molecule has 3 atom stereocenters. The number of rotatable bonds is 14. The first-order valence-corrected chi connectivity index (χ1v) is 21.4. The normalized spacial score (nSPS) is 24.7. The lowest BCUT2D eigenvalue weighted by molar-refractivity contribution is -0.129. The van der Waals surface area contributed by atoms with Crippen LogP contribution < -0.4 is 10.2 Å². The number of anilines is 1. The van der Waals surface area contributed by atoms with Crippen LogP contribution in [0, 0.1) is 23.6 Å². The number of carbonyl (C=O) groups is 2. The SMILES string of the molecule is CN(C)C/C=C/C(=O)N1CC(S(=O)(=O)c2ccc(N3CC(CN4CCC([C@@](CN5CCC5)(c5cccc(F)c5)[C@H]5CCC[C@@H]5NC(=O)O)CC4)C3)cc2)C1. The van der Waals surface area contributed by atoms with Gasteiger partial charge in [0.05, 0.1) is 4.90 Å². The lowest BCUT2D eigenvalue weighted by Crippen LogP contribution is -2.60. The lowest BCUT2D eigenvalue weighted by Gasteiger charge is -2.54. The maximum Gasteiger partial charge on any atom is 0.404 e. The Labute approximate surface area is 320 Å². The highest BCUT2D eigenvalue weighted by molar-refractivity contribution is 7.92. The quantitative estimate of drug-likeness (QED) is 0.274. The summed E-state index contributed by atoms with van der Waals surface area (Å²) in [4.78, 5) is 35.5. The van der Waals surface area contributed by atoms with Crippen molar-refractivity contribution in [3.63, 3.8) is 0 Å². The van der Waals surface area contributed by atoms with Gasteiger partial charge in [-0.15, -0.1) is 0 Å². The van der Waals surface area contributed by atoms with Gasteiger partial charge in [-0.25, -0.2) is 17.6 Å². The van der Waals surface area contributed by atoms with Crippen LogP contribution in [0.15, 0.2) is 65.6 Å². The molecule has 2 N–H and O–H groups in total. The molecule has 0 unspecified atom stereocenters. The van der Waals surface area contributed by atoms with E-state index in [1.54, 1.807) is 29.2 Å². The Balaban J connectivity index is 0.940. The number of carbonyl (C=O) groups excluding carboxylic acids is 1. The van der Waals surface area contributed by atoms with E-state index < -0.39 is 21.2 Å². The zero-order valence-electron chi connectivity index (χ0n) is 31.8. The third-order valence-corrected chi connectivity index (χ3v) is 15.0. The third kappa shape index (κ3) is 8.20. The van der Waals surface area contributed by atoms with Gasteiger partial charge in [0.2, 0.25) is 5.91 Å². The molecule has 0 spiro atoms. The predicted molar refractivity (Wildman–Crippen MR) is 208 cm³/mol. The second-order valence-electron chi connectivity index (χ2n) is 16.7. The van der Waals surface area contributed by atoms with Gasteiger partial charge < -0.3 is 34.9 Å². The number of carboxylic acid groups (broad SMARTS) is 1. The molecule has 4 aliphatic heterocycles. The van der Waals surface area contributed by atoms with E-state index in [2.05, 4.69) is 26.1 Å². The minimum absolute atomic E-state index is 0.113. The van der Waals surface area contributed by atoms with Crippen molar-refractivity contribution < 1.29 is 27.5 Å². The van der Waals surface area contributed by atoms with E-state index in [-0.39, 0.29) is 42.2 Å². The molecule has 4 heterocycles. The average molecular weight is 765 g/mol. The number of hydrogen-bond acceptors (Lipinski definition) is 8. The Kier molecular flexibility index (Phi) is 11.7. The smallest absolute Gasteiger partial charge is 0.404 e. The standard InChI is InChI=1S/C41H57FN6O5S/c1-44(2)18-5-11-39(49)48-27-36(28-48)54(52,53)35-14-12-34(13-15-35)47-25-30(26-47)24-45-21-16-31(17-22-45)41(29-46-19-6-20-46,32-7-3-8-33(42)23-32)37-9-4-10-38(37)43-40(50)51/h3,5,7-8,11-15,23,30-31,36-38,43H,4,6,9-10,16-22,24-29H2,1-2H3,(H,50,51)/b11-5+/t37-,38-,41-/m0/s1. The van der Waals surface area contributed by atoms with Crippen molar-refractivity contribution in [1.29, 1.82) is 0 Å². The average Bonchev–Trinajstić information content (AvgIpc) is 3.53. The fourth-order valence-corrected chi connectivity index (χ4v) is 11.6. The molecular formula is C41H57FN6O5S. The van der Waals surface area contributed by atoms with Gasteiger partial charge in [0.25, 0.3) is 0 Å². The summed E-state index contributed by atoms with van der Waals surface area (Å²) >= 11 is 0. The molecule has 1 saturated carbocycles. The van der Waals surface area contributed by atoms with Gasteiger partial charge in [-0.2, -0.15) is 0 Å². The van der Waals surface area contributed by atoms with Gasteiger partial charge in [-0.3, -0.25) is 4.79 Å². The largest absolute Gasteiger partial charge is 0.465 e. The number of nitrogens with one attached hydrogen (secondary N) is 1. The summed E-state index contributed by atoms with van der Waals surface area (Å²) in [6, 6.07) is 14.2. The number of likely N-dealkylation sites (tertiary alicyclic amines) is 3. The zero-order valence-corrected chi connectivity index (χ0v) is 32.6. The minimum atomic E-state index is -3.52. The van der Waals surface area contributed by atoms with Crippen LogP contribution in [0.1, 0.15) is 44.1 Å². The number of likely N-dealkylation sites (N-methyl/N-ethyl adjacent to an activating group) is 1. The number of nitrogens with zero attached hydrogens (tertiary/aromatic N) is 5. The van der Waals surface area contributed by atoms with Crippen molar-refractivity contribution in [3.05, 3.63) is 72.1 Å². The van der Waals surface area contributed by atoms with Crippen LogP contribution in [0.5, 0.6) is 0 Å². The molecule has 2 amide bonds. The fraction of sp³-hybridized carbons (Fsp3) is 0.610. The Morgan fingerprint density at radius 1 is 0.944 bits per heavy atom. The van der Waals surface area contributed by atoms with E-state index in [4.69, 9.17) is 0 Å². The molecule has 54 heavy (non-hydrogen) atoms. The molecule has 7 rings (SSSR count). The van der Waals surface area contributed by atoms with E-state index in [0.29, 0.717) is 23.3 Å². The lowest BCUT2D eigenvalue weighted by atomic mass is 9.57. The van der Waals surface area contributed by atoms with Crippen molar-refractivity contribution in [1.82, 2.24) is 24.9 Å². The molecule has 13 heteroatoms. The number of piperidine rings is 1. The highest BCUT2D eigenvalue weighted by Crippen LogP contribution is 2.51. The van der Waals surface area contributed by atoms with Crippen LogP contribution in [-0.2, 0) is 20.0 Å². The monoisotopic (exact) mass is 764 g/mol. The van der Waals surface area contributed by atoms with Gasteiger partial charge in [-0.1, -0.05) is 24.6 Å². The summed E-state index contributed by atoms with van der Waals surface area (Å²) in [5.41, 5.74) is 1.72. The Morgan fingerprint density at radius 2 is 1.67 bits per heavy atom. The maximum absolute atomic E-state index is 14.9. The topological polar surface area (TPSA) is 117 Å². The van der Waals surface area contributed by atoms with Crippen LogP contribution in [0.25, 0.3) is 0 Å². The molecule has 2 aromatic rings. The number of hydrogen-bond donors (Lipinski definition) is 2. The minimum Gasteiger partial charge on any atom is -0.465 e. The van der Waals surface area contributed by atoms with Crippen molar-refractivity contribution in [2.45, 2.75) is 60.1 Å². The van der Waals surface area contributed by atoms with Crippen LogP contribution >= 0.6 is 0 Å². The van der Waals surface area contributed by atoms with Gasteiger partial charge in [-0.05, 0) is 126 Å². The molecule has 2 aromatic carbocycles. The van der Waals surface area contributed by atoms with Crippen molar-refractivity contribution in [2.24, 2.45) is 17.8 Å². The molecule has 0 aromatic heterocycles. The zero-order chi connectivity index (χ0) is 38.0. The molecule has 0 radical (unpaired) electrons. The van der Waals surface area contributed by atoms with Gasteiger partial charge in [0, 0.05) is 75.0 Å². The third-order valence-electron chi connectivity index (χ3n) is 12.9. The molecular weight excluding hydrogens is 708 g/mol. The van der Waals surface area contributed by atoms with Crippen LogP contribution in [0.4, 0.5) is 14.9 Å². The summed E-state index contributed by atoms with van der Waals surface area (Å²) < 4.78 is 41.5.